The highest BCUT2D eigenvalue weighted by atomic mass is 32.2. The van der Waals surface area contributed by atoms with E-state index in [1.165, 1.54) is 12.1 Å². The third kappa shape index (κ3) is 2.48. The zero-order chi connectivity index (χ0) is 13.6. The third-order valence-corrected chi connectivity index (χ3v) is 6.63. The Morgan fingerprint density at radius 3 is 2.58 bits per heavy atom. The average molecular weight is 282 g/mol. The molecule has 0 amide bonds. The second-order valence-corrected chi connectivity index (χ2v) is 8.02. The summed E-state index contributed by atoms with van der Waals surface area (Å²) in [6.45, 7) is 1.87. The van der Waals surface area contributed by atoms with Gasteiger partial charge in [-0.15, -0.1) is 0 Å². The Balaban J connectivity index is 1.81. The molecule has 2 atom stereocenters. The normalized spacial score (nSPS) is 37.5. The highest BCUT2D eigenvalue weighted by Crippen LogP contribution is 2.42. The van der Waals surface area contributed by atoms with Crippen LogP contribution in [0.25, 0.3) is 0 Å². The molecular formula is C15H19FO2S. The minimum atomic E-state index is -0.762. The van der Waals surface area contributed by atoms with Crippen LogP contribution in [0.2, 0.25) is 0 Å². The van der Waals surface area contributed by atoms with Crippen molar-refractivity contribution in [2.24, 2.45) is 0 Å². The van der Waals surface area contributed by atoms with Crippen molar-refractivity contribution in [3.63, 3.8) is 0 Å². The number of halogens is 1. The van der Waals surface area contributed by atoms with Crippen LogP contribution in [0.1, 0.15) is 36.8 Å². The molecule has 1 aromatic carbocycles. The lowest BCUT2D eigenvalue weighted by Gasteiger charge is -2.36. The van der Waals surface area contributed by atoms with Gasteiger partial charge in [-0.25, -0.2) is 4.39 Å². The fourth-order valence-corrected chi connectivity index (χ4v) is 5.76. The minimum Gasteiger partial charge on any atom is -0.389 e. The van der Waals surface area contributed by atoms with Crippen molar-refractivity contribution in [3.8, 4) is 0 Å². The second-order valence-electron chi connectivity index (χ2n) is 6.03. The van der Waals surface area contributed by atoms with Crippen LogP contribution < -0.4 is 0 Å². The fraction of sp³-hybridized carbons (Fsp3) is 0.600. The molecule has 104 valence electrons. The highest BCUT2D eigenvalue weighted by molar-refractivity contribution is 7.86. The van der Waals surface area contributed by atoms with Crippen LogP contribution in [0.5, 0.6) is 0 Å². The van der Waals surface area contributed by atoms with E-state index in [-0.39, 0.29) is 16.3 Å². The first-order valence-corrected chi connectivity index (χ1v) is 8.11. The summed E-state index contributed by atoms with van der Waals surface area (Å²) in [5, 5.41) is 11.1. The van der Waals surface area contributed by atoms with Crippen LogP contribution >= 0.6 is 0 Å². The Bertz CT molecular complexity index is 513. The fourth-order valence-electron chi connectivity index (χ4n) is 3.53. The summed E-state index contributed by atoms with van der Waals surface area (Å²) < 4.78 is 25.1. The van der Waals surface area contributed by atoms with Gasteiger partial charge in [0.25, 0.3) is 0 Å². The van der Waals surface area contributed by atoms with Gasteiger partial charge in [-0.05, 0) is 55.9 Å². The van der Waals surface area contributed by atoms with Crippen LogP contribution in [-0.4, -0.2) is 25.4 Å². The van der Waals surface area contributed by atoms with Crippen molar-refractivity contribution in [1.29, 1.82) is 0 Å². The third-order valence-electron chi connectivity index (χ3n) is 4.51. The van der Waals surface area contributed by atoms with Gasteiger partial charge in [-0.3, -0.25) is 4.21 Å². The van der Waals surface area contributed by atoms with E-state index in [0.717, 1.165) is 24.0 Å². The molecule has 2 aliphatic heterocycles. The molecule has 2 heterocycles. The Hall–Kier alpha value is -0.740. The predicted molar refractivity (Wildman–Crippen MR) is 74.0 cm³/mol. The van der Waals surface area contributed by atoms with Crippen molar-refractivity contribution in [2.45, 2.75) is 55.1 Å². The summed E-state index contributed by atoms with van der Waals surface area (Å²) >= 11 is 0. The summed E-state index contributed by atoms with van der Waals surface area (Å²) in [4.78, 5) is 0. The van der Waals surface area contributed by atoms with Crippen LogP contribution in [0.4, 0.5) is 4.39 Å². The van der Waals surface area contributed by atoms with E-state index in [1.54, 1.807) is 6.07 Å². The Labute approximate surface area is 115 Å². The predicted octanol–water partition coefficient (Wildman–Crippen LogP) is 2.48. The van der Waals surface area contributed by atoms with Crippen LogP contribution in [-0.2, 0) is 17.2 Å². The molecule has 0 aromatic heterocycles. The first-order chi connectivity index (χ1) is 8.97. The average Bonchev–Trinajstić information content (AvgIpc) is 2.58. The van der Waals surface area contributed by atoms with E-state index in [9.17, 15) is 13.7 Å². The molecule has 0 saturated carbocycles. The smallest absolute Gasteiger partial charge is 0.123 e. The van der Waals surface area contributed by atoms with Gasteiger partial charge in [-0.2, -0.15) is 0 Å². The quantitative estimate of drug-likeness (QED) is 0.905. The number of hydrogen-bond donors (Lipinski definition) is 1. The van der Waals surface area contributed by atoms with E-state index < -0.39 is 16.4 Å². The molecule has 2 unspecified atom stereocenters. The van der Waals surface area contributed by atoms with Crippen molar-refractivity contribution >= 4 is 10.8 Å². The largest absolute Gasteiger partial charge is 0.389 e. The molecule has 4 heteroatoms. The van der Waals surface area contributed by atoms with Crippen molar-refractivity contribution in [2.75, 3.05) is 0 Å². The Kier molecular flexibility index (Phi) is 3.26. The molecule has 1 N–H and O–H groups in total. The van der Waals surface area contributed by atoms with E-state index >= 15 is 0 Å². The molecule has 0 aliphatic carbocycles. The van der Waals surface area contributed by atoms with Gasteiger partial charge in [0.05, 0.1) is 5.60 Å². The Morgan fingerprint density at radius 2 is 2.00 bits per heavy atom. The topological polar surface area (TPSA) is 37.3 Å². The molecule has 2 bridgehead atoms. The van der Waals surface area contributed by atoms with E-state index in [0.29, 0.717) is 19.3 Å². The van der Waals surface area contributed by atoms with Crippen LogP contribution in [0, 0.1) is 12.7 Å². The van der Waals surface area contributed by atoms with E-state index in [1.807, 2.05) is 6.92 Å². The maximum atomic E-state index is 13.1. The van der Waals surface area contributed by atoms with Gasteiger partial charge >= 0.3 is 0 Å². The lowest BCUT2D eigenvalue weighted by molar-refractivity contribution is 0.0229. The number of fused-ring (bicyclic) bond motifs is 2. The van der Waals surface area contributed by atoms with Gasteiger partial charge in [0.2, 0.25) is 0 Å². The van der Waals surface area contributed by atoms with Gasteiger partial charge in [0.1, 0.15) is 5.82 Å². The monoisotopic (exact) mass is 282 g/mol. The maximum absolute atomic E-state index is 13.1. The van der Waals surface area contributed by atoms with Gasteiger partial charge in [0.15, 0.2) is 0 Å². The summed E-state index contributed by atoms with van der Waals surface area (Å²) in [5.41, 5.74) is 1.12. The number of aliphatic hydroxyl groups is 1. The molecule has 0 spiro atoms. The number of benzene rings is 1. The van der Waals surface area contributed by atoms with Crippen LogP contribution in [0.3, 0.4) is 0 Å². The Morgan fingerprint density at radius 1 is 1.37 bits per heavy atom. The summed E-state index contributed by atoms with van der Waals surface area (Å²) in [6, 6.07) is 4.71. The van der Waals surface area contributed by atoms with Crippen LogP contribution in [0.15, 0.2) is 18.2 Å². The standard InChI is InChI=1S/C15H19FO2S/c1-10-6-12(16)3-2-11(10)7-15(17)8-13-4-5-14(9-15)19(13)18/h2-3,6,13-14,17H,4-5,7-9H2,1H3. The molecule has 19 heavy (non-hydrogen) atoms. The lowest BCUT2D eigenvalue weighted by atomic mass is 9.85. The maximum Gasteiger partial charge on any atom is 0.123 e. The summed E-state index contributed by atoms with van der Waals surface area (Å²) in [5.74, 6) is -0.238. The molecule has 3 rings (SSSR count). The highest BCUT2D eigenvalue weighted by Gasteiger charge is 2.47. The first kappa shape index (κ1) is 13.3. The SMILES string of the molecule is Cc1cc(F)ccc1CC1(O)CC2CCC(C1)S2=O. The minimum absolute atomic E-state index is 0.157. The first-order valence-electron chi connectivity index (χ1n) is 6.84. The zero-order valence-electron chi connectivity index (χ0n) is 11.1. The van der Waals surface area contributed by atoms with Crippen molar-refractivity contribution in [1.82, 2.24) is 0 Å². The second kappa shape index (κ2) is 4.67. The van der Waals surface area contributed by atoms with E-state index in [4.69, 9.17) is 0 Å². The molecule has 1 aromatic rings. The van der Waals surface area contributed by atoms with Crippen molar-refractivity contribution in [3.05, 3.63) is 35.1 Å². The van der Waals surface area contributed by atoms with E-state index in [2.05, 4.69) is 0 Å². The van der Waals surface area contributed by atoms with Crippen molar-refractivity contribution < 1.29 is 13.7 Å². The molecule has 2 aliphatic rings. The molecule has 2 saturated heterocycles. The molecule has 0 radical (unpaired) electrons. The molecule has 2 nitrogen and oxygen atoms in total. The number of aryl methyl sites for hydroxylation is 1. The number of rotatable bonds is 2. The van der Waals surface area contributed by atoms with Gasteiger partial charge < -0.3 is 5.11 Å². The molecule has 2 fully saturated rings. The lowest BCUT2D eigenvalue weighted by Crippen LogP contribution is -2.44. The van der Waals surface area contributed by atoms with Gasteiger partial charge in [0, 0.05) is 27.7 Å². The van der Waals surface area contributed by atoms with Gasteiger partial charge in [-0.1, -0.05) is 6.07 Å². The molecular weight excluding hydrogens is 263 g/mol. The summed E-state index contributed by atoms with van der Waals surface area (Å²) in [7, 11) is -0.752. The number of hydrogen-bond acceptors (Lipinski definition) is 2. The zero-order valence-corrected chi connectivity index (χ0v) is 11.9. The summed E-state index contributed by atoms with van der Waals surface area (Å²) in [6.07, 6.45) is 3.73.